The summed E-state index contributed by atoms with van der Waals surface area (Å²) in [5.74, 6) is 0.208. The molecule has 0 aromatic heterocycles. The minimum Gasteiger partial charge on any atom is -0.508 e. The molecule has 0 aromatic rings. The van der Waals surface area contributed by atoms with Crippen LogP contribution in [0.4, 0.5) is 0 Å². The average Bonchev–Trinajstić information content (AvgIpc) is 2.25. The molecule has 0 heterocycles. The van der Waals surface area contributed by atoms with Gasteiger partial charge < -0.3 is 16.4 Å². The van der Waals surface area contributed by atoms with Crippen molar-refractivity contribution in [1.82, 2.24) is 6.15 Å². The Kier molecular flexibility index (Phi) is 1.39. The maximum absolute atomic E-state index is 9.15. The molecule has 2 aliphatic carbocycles. The second kappa shape index (κ2) is 1.97. The van der Waals surface area contributed by atoms with Crippen LogP contribution in [-0.4, -0.2) is 16.3 Å². The molecular weight excluding hydrogens is 130 g/mol. The lowest BCUT2D eigenvalue weighted by atomic mass is 10.2. The number of aliphatic hydroxyl groups excluding tert-OH is 2. The number of hydrogen-bond donors (Lipinski definition) is 3. The summed E-state index contributed by atoms with van der Waals surface area (Å²) in [7, 11) is 0. The van der Waals surface area contributed by atoms with Crippen LogP contribution in [0.3, 0.4) is 0 Å². The number of rotatable bonds is 0. The fraction of sp³-hybridized carbons (Fsp3) is 0.143. The summed E-state index contributed by atoms with van der Waals surface area (Å²) in [6, 6.07) is 0. The molecule has 1 atom stereocenters. The predicted octanol–water partition coefficient (Wildman–Crippen LogP) is 0.831. The second-order valence-corrected chi connectivity index (χ2v) is 2.22. The van der Waals surface area contributed by atoms with E-state index in [2.05, 4.69) is 0 Å². The lowest BCUT2D eigenvalue weighted by molar-refractivity contribution is 0.258. The van der Waals surface area contributed by atoms with Crippen LogP contribution in [0.25, 0.3) is 0 Å². The first-order valence-electron chi connectivity index (χ1n) is 2.80. The van der Waals surface area contributed by atoms with Crippen LogP contribution in [0.2, 0.25) is 0 Å². The lowest BCUT2D eigenvalue weighted by Crippen LogP contribution is -2.01. The predicted molar refractivity (Wildman–Crippen MR) is 37.9 cm³/mol. The number of allylic oxidation sites excluding steroid dienone is 1. The van der Waals surface area contributed by atoms with Crippen molar-refractivity contribution in [3.05, 3.63) is 35.1 Å². The van der Waals surface area contributed by atoms with Crippen molar-refractivity contribution in [1.29, 1.82) is 0 Å². The van der Waals surface area contributed by atoms with Gasteiger partial charge in [-0.25, -0.2) is 0 Å². The number of fused-ring (bicyclic) bond motifs is 2. The summed E-state index contributed by atoms with van der Waals surface area (Å²) in [6.07, 6.45) is 4.57. The van der Waals surface area contributed by atoms with E-state index < -0.39 is 6.10 Å². The summed E-state index contributed by atoms with van der Waals surface area (Å²) in [4.78, 5) is 0. The fourth-order valence-corrected chi connectivity index (χ4v) is 1.14. The van der Waals surface area contributed by atoms with Gasteiger partial charge in [0.25, 0.3) is 0 Å². The van der Waals surface area contributed by atoms with Gasteiger partial charge >= 0.3 is 0 Å². The molecule has 3 nitrogen and oxygen atoms in total. The van der Waals surface area contributed by atoms with E-state index in [4.69, 9.17) is 10.2 Å². The highest BCUT2D eigenvalue weighted by Crippen LogP contribution is 2.32. The van der Waals surface area contributed by atoms with E-state index >= 15 is 0 Å². The Hall–Kier alpha value is -1.06. The molecule has 10 heavy (non-hydrogen) atoms. The monoisotopic (exact) mass is 139 g/mol. The zero-order valence-corrected chi connectivity index (χ0v) is 5.41. The molecule has 0 saturated heterocycles. The van der Waals surface area contributed by atoms with Crippen LogP contribution in [0.15, 0.2) is 35.1 Å². The Morgan fingerprint density at radius 2 is 2.00 bits per heavy atom. The van der Waals surface area contributed by atoms with Gasteiger partial charge in [0.05, 0.1) is 0 Å². The molecule has 0 spiro atoms. The van der Waals surface area contributed by atoms with Gasteiger partial charge in [-0.1, -0.05) is 12.2 Å². The maximum Gasteiger partial charge on any atom is 0.122 e. The zero-order chi connectivity index (χ0) is 6.43. The van der Waals surface area contributed by atoms with Crippen LogP contribution in [0, 0.1) is 0 Å². The molecule has 0 aromatic carbocycles. The van der Waals surface area contributed by atoms with Crippen LogP contribution >= 0.6 is 0 Å². The van der Waals surface area contributed by atoms with Gasteiger partial charge in [0, 0.05) is 5.57 Å². The van der Waals surface area contributed by atoms with Gasteiger partial charge in [0.2, 0.25) is 0 Å². The van der Waals surface area contributed by atoms with Gasteiger partial charge in [-0.15, -0.1) is 0 Å². The Labute approximate surface area is 58.6 Å². The van der Waals surface area contributed by atoms with Crippen LogP contribution in [0.1, 0.15) is 0 Å². The van der Waals surface area contributed by atoms with Gasteiger partial charge in [-0.3, -0.25) is 0 Å². The smallest absolute Gasteiger partial charge is 0.122 e. The van der Waals surface area contributed by atoms with Crippen molar-refractivity contribution < 1.29 is 10.2 Å². The summed E-state index contributed by atoms with van der Waals surface area (Å²) in [5.41, 5.74) is 1.42. The largest absolute Gasteiger partial charge is 0.508 e. The Bertz CT molecular complexity index is 250. The minimum atomic E-state index is -0.551. The molecule has 0 saturated carbocycles. The molecule has 2 bridgehead atoms. The second-order valence-electron chi connectivity index (χ2n) is 2.22. The van der Waals surface area contributed by atoms with E-state index in [1.807, 2.05) is 0 Å². The lowest BCUT2D eigenvalue weighted by Gasteiger charge is -1.96. The third kappa shape index (κ3) is 0.616. The van der Waals surface area contributed by atoms with Gasteiger partial charge in [-0.2, -0.15) is 0 Å². The first-order valence-corrected chi connectivity index (χ1v) is 2.80. The van der Waals surface area contributed by atoms with Gasteiger partial charge in [0.1, 0.15) is 11.9 Å². The van der Waals surface area contributed by atoms with Gasteiger partial charge in [0.15, 0.2) is 0 Å². The fourth-order valence-electron chi connectivity index (χ4n) is 1.14. The van der Waals surface area contributed by atoms with E-state index in [1.165, 1.54) is 0 Å². The Morgan fingerprint density at radius 1 is 1.30 bits per heavy atom. The summed E-state index contributed by atoms with van der Waals surface area (Å²) >= 11 is 0. The maximum atomic E-state index is 9.15. The summed E-state index contributed by atoms with van der Waals surface area (Å²) < 4.78 is 0. The van der Waals surface area contributed by atoms with Crippen molar-refractivity contribution in [3.63, 3.8) is 0 Å². The average molecular weight is 139 g/mol. The molecule has 54 valence electrons. The molecule has 1 unspecified atom stereocenters. The normalized spacial score (nSPS) is 26.9. The van der Waals surface area contributed by atoms with Gasteiger partial charge in [-0.05, 0) is 11.6 Å². The van der Waals surface area contributed by atoms with Crippen molar-refractivity contribution in [2.75, 3.05) is 0 Å². The van der Waals surface area contributed by atoms with Crippen LogP contribution < -0.4 is 6.15 Å². The van der Waals surface area contributed by atoms with Crippen molar-refractivity contribution in [3.8, 4) is 0 Å². The molecule has 3 heteroatoms. The van der Waals surface area contributed by atoms with E-state index in [0.29, 0.717) is 5.57 Å². The van der Waals surface area contributed by atoms with E-state index in [1.54, 1.807) is 18.2 Å². The highest BCUT2D eigenvalue weighted by atomic mass is 16.3. The van der Waals surface area contributed by atoms with E-state index in [0.717, 1.165) is 5.57 Å². The van der Waals surface area contributed by atoms with Crippen LogP contribution in [0.5, 0.6) is 0 Å². The molecule has 0 aliphatic heterocycles. The third-order valence-corrected chi connectivity index (χ3v) is 1.66. The van der Waals surface area contributed by atoms with E-state index in [-0.39, 0.29) is 11.9 Å². The van der Waals surface area contributed by atoms with Crippen molar-refractivity contribution in [2.45, 2.75) is 6.10 Å². The topological polar surface area (TPSA) is 75.5 Å². The molecule has 2 aliphatic rings. The minimum absolute atomic E-state index is 0. The first kappa shape index (κ1) is 7.05. The quantitative estimate of drug-likeness (QED) is 0.465. The third-order valence-electron chi connectivity index (χ3n) is 1.66. The summed E-state index contributed by atoms with van der Waals surface area (Å²) in [5, 5.41) is 18.1. The van der Waals surface area contributed by atoms with Crippen LogP contribution in [-0.2, 0) is 0 Å². The molecule has 0 radical (unpaired) electrons. The first-order chi connectivity index (χ1) is 4.29. The SMILES string of the molecule is N.OC1=C2C=CC(=C1)C2O. The van der Waals surface area contributed by atoms with Crippen molar-refractivity contribution >= 4 is 0 Å². The summed E-state index contributed by atoms with van der Waals surface area (Å²) in [6.45, 7) is 0. The number of hydrogen-bond acceptors (Lipinski definition) is 3. The molecule has 5 N–H and O–H groups in total. The number of aliphatic hydroxyl groups is 2. The standard InChI is InChI=1S/C7H6O2.H3N/c8-6-3-4-1-2-5(6)7(4)9;/h1-3,7-9H;1H3. The highest BCUT2D eigenvalue weighted by molar-refractivity contribution is 5.56. The molecule has 0 fully saturated rings. The highest BCUT2D eigenvalue weighted by Gasteiger charge is 2.26. The van der Waals surface area contributed by atoms with Crippen molar-refractivity contribution in [2.24, 2.45) is 0 Å². The molecule has 2 rings (SSSR count). The molecular formula is C7H9NO2. The Morgan fingerprint density at radius 3 is 2.20 bits per heavy atom. The molecule has 0 amide bonds. The Balaban J connectivity index is 0.000000500. The zero-order valence-electron chi connectivity index (χ0n) is 5.41. The van der Waals surface area contributed by atoms with E-state index in [9.17, 15) is 0 Å².